The lowest BCUT2D eigenvalue weighted by atomic mass is 10.3. The van der Waals surface area contributed by atoms with Crippen molar-refractivity contribution in [3.8, 4) is 0 Å². The van der Waals surface area contributed by atoms with E-state index < -0.39 is 0 Å². The normalized spacial score (nSPS) is 10.1. The summed E-state index contributed by atoms with van der Waals surface area (Å²) in [6.07, 6.45) is 0. The molecule has 0 aliphatic rings. The standard InChI is InChI=1S/C9H10N4S/c10-6-8-12-13-9(14-8)11-7-4-2-1-3-5-7/h1-5H,6,10H2,(H,11,13). The van der Waals surface area contributed by atoms with Gasteiger partial charge >= 0.3 is 0 Å². The average molecular weight is 206 g/mol. The van der Waals surface area contributed by atoms with Gasteiger partial charge in [-0.2, -0.15) is 0 Å². The Balaban J connectivity index is 2.11. The Bertz CT molecular complexity index is 398. The van der Waals surface area contributed by atoms with Gasteiger partial charge in [0.2, 0.25) is 5.13 Å². The van der Waals surface area contributed by atoms with Gasteiger partial charge in [-0.3, -0.25) is 0 Å². The van der Waals surface area contributed by atoms with Gasteiger partial charge in [-0.25, -0.2) is 0 Å². The molecule has 0 spiro atoms. The van der Waals surface area contributed by atoms with Crippen LogP contribution in [0.3, 0.4) is 0 Å². The van der Waals surface area contributed by atoms with Gasteiger partial charge in [0.25, 0.3) is 0 Å². The van der Waals surface area contributed by atoms with Crippen LogP contribution in [0.15, 0.2) is 30.3 Å². The molecule has 0 bridgehead atoms. The van der Waals surface area contributed by atoms with Crippen LogP contribution in [0.2, 0.25) is 0 Å². The summed E-state index contributed by atoms with van der Waals surface area (Å²) in [6.45, 7) is 0.439. The van der Waals surface area contributed by atoms with Crippen molar-refractivity contribution in [2.24, 2.45) is 5.73 Å². The van der Waals surface area contributed by atoms with E-state index in [-0.39, 0.29) is 0 Å². The van der Waals surface area contributed by atoms with Gasteiger partial charge in [-0.15, -0.1) is 10.2 Å². The number of nitrogens with two attached hydrogens (primary N) is 1. The second-order valence-electron chi connectivity index (χ2n) is 2.70. The molecule has 0 saturated carbocycles. The number of anilines is 2. The predicted octanol–water partition coefficient (Wildman–Crippen LogP) is 1.74. The summed E-state index contributed by atoms with van der Waals surface area (Å²) < 4.78 is 0. The molecule has 2 aromatic rings. The monoisotopic (exact) mass is 206 g/mol. The summed E-state index contributed by atoms with van der Waals surface area (Å²) in [5, 5.41) is 12.6. The second kappa shape index (κ2) is 4.17. The molecule has 72 valence electrons. The molecular formula is C9H10N4S. The minimum absolute atomic E-state index is 0.439. The molecule has 2 rings (SSSR count). The van der Waals surface area contributed by atoms with Crippen molar-refractivity contribution in [1.29, 1.82) is 0 Å². The van der Waals surface area contributed by atoms with Crippen molar-refractivity contribution in [3.63, 3.8) is 0 Å². The number of hydrogen-bond donors (Lipinski definition) is 2. The van der Waals surface area contributed by atoms with E-state index in [2.05, 4.69) is 15.5 Å². The van der Waals surface area contributed by atoms with Crippen LogP contribution in [0.5, 0.6) is 0 Å². The lowest BCUT2D eigenvalue weighted by Gasteiger charge is -1.99. The Hall–Kier alpha value is -1.46. The number of benzene rings is 1. The minimum Gasteiger partial charge on any atom is -0.330 e. The third-order valence-corrected chi connectivity index (χ3v) is 2.53. The maximum atomic E-state index is 5.44. The molecular weight excluding hydrogens is 196 g/mol. The van der Waals surface area contributed by atoms with Crippen LogP contribution in [0, 0.1) is 0 Å². The third kappa shape index (κ3) is 2.07. The van der Waals surface area contributed by atoms with E-state index in [0.717, 1.165) is 15.8 Å². The van der Waals surface area contributed by atoms with Crippen LogP contribution in [-0.2, 0) is 6.54 Å². The fraction of sp³-hybridized carbons (Fsp3) is 0.111. The van der Waals surface area contributed by atoms with E-state index in [9.17, 15) is 0 Å². The molecule has 1 aromatic carbocycles. The van der Waals surface area contributed by atoms with Gasteiger partial charge < -0.3 is 11.1 Å². The zero-order chi connectivity index (χ0) is 9.80. The van der Waals surface area contributed by atoms with Crippen molar-refractivity contribution < 1.29 is 0 Å². The Morgan fingerprint density at radius 2 is 2.00 bits per heavy atom. The fourth-order valence-electron chi connectivity index (χ4n) is 1.03. The molecule has 0 unspecified atom stereocenters. The first-order valence-corrected chi connectivity index (χ1v) is 5.04. The van der Waals surface area contributed by atoms with Crippen LogP contribution in [-0.4, -0.2) is 10.2 Å². The number of nitrogens with zero attached hydrogens (tertiary/aromatic N) is 2. The maximum absolute atomic E-state index is 5.44. The van der Waals surface area contributed by atoms with Crippen LogP contribution in [0.1, 0.15) is 5.01 Å². The average Bonchev–Trinajstić information content (AvgIpc) is 2.67. The molecule has 0 radical (unpaired) electrons. The smallest absolute Gasteiger partial charge is 0.210 e. The Morgan fingerprint density at radius 3 is 2.64 bits per heavy atom. The van der Waals surface area contributed by atoms with Gasteiger partial charge in [-0.05, 0) is 12.1 Å². The molecule has 0 aliphatic heterocycles. The van der Waals surface area contributed by atoms with Gasteiger partial charge in [0.15, 0.2) is 0 Å². The number of nitrogens with one attached hydrogen (secondary N) is 1. The highest BCUT2D eigenvalue weighted by molar-refractivity contribution is 7.15. The maximum Gasteiger partial charge on any atom is 0.210 e. The lowest BCUT2D eigenvalue weighted by Crippen LogP contribution is -1.94. The quantitative estimate of drug-likeness (QED) is 0.803. The van der Waals surface area contributed by atoms with Gasteiger partial charge in [0.05, 0.1) is 0 Å². The van der Waals surface area contributed by atoms with E-state index in [1.807, 2.05) is 30.3 Å². The van der Waals surface area contributed by atoms with E-state index in [4.69, 9.17) is 5.73 Å². The first kappa shape index (κ1) is 9.11. The van der Waals surface area contributed by atoms with Crippen molar-refractivity contribution >= 4 is 22.2 Å². The Labute approximate surface area is 85.8 Å². The molecule has 0 atom stereocenters. The number of rotatable bonds is 3. The summed E-state index contributed by atoms with van der Waals surface area (Å²) in [5.41, 5.74) is 6.44. The van der Waals surface area contributed by atoms with E-state index >= 15 is 0 Å². The van der Waals surface area contributed by atoms with Crippen LogP contribution in [0.4, 0.5) is 10.8 Å². The Morgan fingerprint density at radius 1 is 1.21 bits per heavy atom. The molecule has 5 heteroatoms. The van der Waals surface area contributed by atoms with Crippen molar-refractivity contribution in [1.82, 2.24) is 10.2 Å². The van der Waals surface area contributed by atoms with Crippen LogP contribution < -0.4 is 11.1 Å². The number of para-hydroxylation sites is 1. The van der Waals surface area contributed by atoms with Crippen molar-refractivity contribution in [2.45, 2.75) is 6.54 Å². The zero-order valence-electron chi connectivity index (χ0n) is 7.47. The summed E-state index contributed by atoms with van der Waals surface area (Å²) in [7, 11) is 0. The third-order valence-electron chi connectivity index (χ3n) is 1.67. The highest BCUT2D eigenvalue weighted by atomic mass is 32.1. The molecule has 0 fully saturated rings. The zero-order valence-corrected chi connectivity index (χ0v) is 8.29. The van der Waals surface area contributed by atoms with Crippen molar-refractivity contribution in [3.05, 3.63) is 35.3 Å². The molecule has 4 nitrogen and oxygen atoms in total. The molecule has 3 N–H and O–H groups in total. The van der Waals surface area contributed by atoms with E-state index in [1.165, 1.54) is 11.3 Å². The van der Waals surface area contributed by atoms with Crippen LogP contribution in [0.25, 0.3) is 0 Å². The first-order chi connectivity index (χ1) is 6.88. The van der Waals surface area contributed by atoms with Gasteiger partial charge in [0, 0.05) is 12.2 Å². The summed E-state index contributed by atoms with van der Waals surface area (Å²) in [5.74, 6) is 0. The lowest BCUT2D eigenvalue weighted by molar-refractivity contribution is 0.960. The van der Waals surface area contributed by atoms with Crippen molar-refractivity contribution in [2.75, 3.05) is 5.32 Å². The number of aromatic nitrogens is 2. The highest BCUT2D eigenvalue weighted by Crippen LogP contribution is 2.19. The second-order valence-corrected chi connectivity index (χ2v) is 3.76. The predicted molar refractivity (Wildman–Crippen MR) is 57.5 cm³/mol. The molecule has 0 amide bonds. The summed E-state index contributed by atoms with van der Waals surface area (Å²) >= 11 is 1.47. The molecule has 14 heavy (non-hydrogen) atoms. The Kier molecular flexibility index (Phi) is 2.71. The SMILES string of the molecule is NCc1nnc(Nc2ccccc2)s1. The molecule has 1 heterocycles. The van der Waals surface area contributed by atoms with E-state index in [1.54, 1.807) is 0 Å². The fourth-order valence-corrected chi connectivity index (χ4v) is 1.67. The molecule has 0 saturated heterocycles. The number of hydrogen-bond acceptors (Lipinski definition) is 5. The highest BCUT2D eigenvalue weighted by Gasteiger charge is 2.01. The van der Waals surface area contributed by atoms with E-state index in [0.29, 0.717) is 6.54 Å². The molecule has 1 aromatic heterocycles. The first-order valence-electron chi connectivity index (χ1n) is 4.23. The van der Waals surface area contributed by atoms with Gasteiger partial charge in [0.1, 0.15) is 5.01 Å². The summed E-state index contributed by atoms with van der Waals surface area (Å²) in [6, 6.07) is 9.85. The largest absolute Gasteiger partial charge is 0.330 e. The minimum atomic E-state index is 0.439. The summed E-state index contributed by atoms with van der Waals surface area (Å²) in [4.78, 5) is 0. The van der Waals surface area contributed by atoms with Crippen LogP contribution >= 0.6 is 11.3 Å². The topological polar surface area (TPSA) is 63.8 Å². The molecule has 0 aliphatic carbocycles. The van der Waals surface area contributed by atoms with Gasteiger partial charge in [-0.1, -0.05) is 29.5 Å².